The molecule has 0 saturated carbocycles. The zero-order valence-electron chi connectivity index (χ0n) is 21.8. The average Bonchev–Trinajstić information content (AvgIpc) is 2.91. The van der Waals surface area contributed by atoms with E-state index in [2.05, 4.69) is 5.32 Å². The molecule has 0 aromatic heterocycles. The van der Waals surface area contributed by atoms with Crippen LogP contribution in [0.15, 0.2) is 78.0 Å². The van der Waals surface area contributed by atoms with Crippen molar-refractivity contribution >= 4 is 28.5 Å². The number of likely N-dealkylation sites (N-methyl/N-ethyl adjacent to an activating group) is 1. The number of fused-ring (bicyclic) bond motifs is 1. The largest absolute Gasteiger partial charge is 0.497 e. The molecule has 1 aliphatic heterocycles. The van der Waals surface area contributed by atoms with Gasteiger partial charge in [0, 0.05) is 38.3 Å². The Morgan fingerprint density at radius 1 is 1.03 bits per heavy atom. The maximum Gasteiger partial charge on any atom is 0.251 e. The number of methoxy groups -OCH3 is 1. The summed E-state index contributed by atoms with van der Waals surface area (Å²) in [5, 5.41) is 5.17. The number of benzene rings is 3. The summed E-state index contributed by atoms with van der Waals surface area (Å²) in [6, 6.07) is 21.5. The Hall–Kier alpha value is -4.13. The molecule has 192 valence electrons. The van der Waals surface area contributed by atoms with E-state index in [4.69, 9.17) is 4.74 Å². The van der Waals surface area contributed by atoms with Crippen molar-refractivity contribution in [3.05, 3.63) is 89.1 Å². The molecule has 4 rings (SSSR count). The molecule has 1 unspecified atom stereocenters. The van der Waals surface area contributed by atoms with Gasteiger partial charge in [0.25, 0.3) is 5.91 Å². The van der Waals surface area contributed by atoms with E-state index >= 15 is 0 Å². The number of nitrogens with zero attached hydrogens (tertiary/aromatic N) is 2. The fourth-order valence-corrected chi connectivity index (χ4v) is 4.75. The minimum atomic E-state index is -0.617. The summed E-state index contributed by atoms with van der Waals surface area (Å²) in [4.78, 5) is 42.7. The van der Waals surface area contributed by atoms with E-state index in [0.717, 1.165) is 27.6 Å². The number of hydrogen-bond donors (Lipinski definition) is 1. The van der Waals surface area contributed by atoms with Crippen molar-refractivity contribution in [2.75, 3.05) is 21.2 Å². The van der Waals surface area contributed by atoms with Crippen LogP contribution in [0.5, 0.6) is 5.75 Å². The molecular formula is C30H33N3O4. The summed E-state index contributed by atoms with van der Waals surface area (Å²) in [5.74, 6) is -0.403. The highest BCUT2D eigenvalue weighted by molar-refractivity contribution is 5.98. The topological polar surface area (TPSA) is 79.0 Å². The lowest BCUT2D eigenvalue weighted by molar-refractivity contribution is -0.139. The first-order valence-electron chi connectivity index (χ1n) is 12.4. The fraction of sp³-hybridized carbons (Fsp3) is 0.300. The molecule has 1 atom stereocenters. The zero-order valence-corrected chi connectivity index (χ0v) is 21.8. The fourth-order valence-electron chi connectivity index (χ4n) is 4.75. The second kappa shape index (κ2) is 11.3. The number of ether oxygens (including phenoxy) is 1. The molecule has 0 radical (unpaired) electrons. The predicted octanol–water partition coefficient (Wildman–Crippen LogP) is 4.27. The van der Waals surface area contributed by atoms with Gasteiger partial charge in [0.05, 0.1) is 19.6 Å². The maximum atomic E-state index is 13.5. The SMILES string of the molecule is COc1ccc(CN2C(=O)C(CC(=O)NCc3cccc4ccccc34)CC(C(=O)N(C)C)=C2C)cc1. The number of carbonyl (C=O) groups excluding carboxylic acids is 3. The first-order valence-corrected chi connectivity index (χ1v) is 12.4. The molecule has 0 bridgehead atoms. The highest BCUT2D eigenvalue weighted by atomic mass is 16.5. The number of rotatable bonds is 8. The first-order chi connectivity index (χ1) is 17.8. The van der Waals surface area contributed by atoms with Crippen molar-refractivity contribution in [2.24, 2.45) is 5.92 Å². The molecule has 1 heterocycles. The zero-order chi connectivity index (χ0) is 26.5. The molecule has 0 fully saturated rings. The van der Waals surface area contributed by atoms with E-state index in [1.165, 1.54) is 4.90 Å². The third-order valence-electron chi connectivity index (χ3n) is 6.86. The van der Waals surface area contributed by atoms with Gasteiger partial charge in [-0.05, 0) is 47.4 Å². The van der Waals surface area contributed by atoms with Crippen LogP contribution < -0.4 is 10.1 Å². The summed E-state index contributed by atoms with van der Waals surface area (Å²) in [5.41, 5.74) is 3.12. The lowest BCUT2D eigenvalue weighted by Crippen LogP contribution is -2.43. The third-order valence-corrected chi connectivity index (χ3v) is 6.86. The second-order valence-electron chi connectivity index (χ2n) is 9.56. The van der Waals surface area contributed by atoms with Crippen LogP contribution in [-0.2, 0) is 27.5 Å². The van der Waals surface area contributed by atoms with Gasteiger partial charge in [-0.3, -0.25) is 14.4 Å². The minimum absolute atomic E-state index is 0.0141. The maximum absolute atomic E-state index is 13.5. The lowest BCUT2D eigenvalue weighted by Gasteiger charge is -2.35. The monoisotopic (exact) mass is 499 g/mol. The van der Waals surface area contributed by atoms with Crippen LogP contribution in [0.3, 0.4) is 0 Å². The van der Waals surface area contributed by atoms with Gasteiger partial charge in [-0.1, -0.05) is 54.6 Å². The van der Waals surface area contributed by atoms with Crippen molar-refractivity contribution in [3.8, 4) is 5.75 Å². The number of carbonyl (C=O) groups is 3. The molecule has 3 aromatic carbocycles. The smallest absolute Gasteiger partial charge is 0.251 e. The summed E-state index contributed by atoms with van der Waals surface area (Å²) in [6.07, 6.45) is 0.253. The first kappa shape index (κ1) is 25.9. The predicted molar refractivity (Wildman–Crippen MR) is 143 cm³/mol. The van der Waals surface area contributed by atoms with Crippen molar-refractivity contribution in [1.82, 2.24) is 15.1 Å². The Morgan fingerprint density at radius 2 is 1.73 bits per heavy atom. The summed E-state index contributed by atoms with van der Waals surface area (Å²) in [6.45, 7) is 2.48. The number of nitrogens with one attached hydrogen (secondary N) is 1. The quantitative estimate of drug-likeness (QED) is 0.502. The van der Waals surface area contributed by atoms with Crippen LogP contribution in [0.2, 0.25) is 0 Å². The Balaban J connectivity index is 1.51. The van der Waals surface area contributed by atoms with Gasteiger partial charge in [-0.25, -0.2) is 0 Å². The van der Waals surface area contributed by atoms with E-state index < -0.39 is 5.92 Å². The van der Waals surface area contributed by atoms with Gasteiger partial charge in [-0.15, -0.1) is 0 Å². The highest BCUT2D eigenvalue weighted by Crippen LogP contribution is 2.32. The standard InChI is InChI=1S/C30H33N3O4/c1-20-27(30(36)32(2)3)16-24(29(35)33(20)19-21-12-14-25(37-4)15-13-21)17-28(34)31-18-23-10-7-9-22-8-5-6-11-26(22)23/h5-15,24H,16-19H2,1-4H3,(H,31,34). The Morgan fingerprint density at radius 3 is 2.43 bits per heavy atom. The molecule has 0 aliphatic carbocycles. The Labute approximate surface area is 217 Å². The van der Waals surface area contributed by atoms with Gasteiger partial charge in [0.15, 0.2) is 0 Å². The average molecular weight is 500 g/mol. The van der Waals surface area contributed by atoms with Crippen LogP contribution in [0, 0.1) is 5.92 Å². The molecule has 1 N–H and O–H groups in total. The van der Waals surface area contributed by atoms with E-state index in [1.807, 2.05) is 66.7 Å². The molecule has 3 amide bonds. The molecule has 3 aromatic rings. The van der Waals surface area contributed by atoms with Crippen LogP contribution >= 0.6 is 0 Å². The summed E-state index contributed by atoms with van der Waals surface area (Å²) >= 11 is 0. The molecule has 37 heavy (non-hydrogen) atoms. The van der Waals surface area contributed by atoms with Crippen molar-refractivity contribution in [2.45, 2.75) is 32.9 Å². The summed E-state index contributed by atoms with van der Waals surface area (Å²) < 4.78 is 5.23. The van der Waals surface area contributed by atoms with Crippen LogP contribution in [-0.4, -0.2) is 48.7 Å². The molecule has 7 heteroatoms. The number of hydrogen-bond acceptors (Lipinski definition) is 4. The van der Waals surface area contributed by atoms with Gasteiger partial charge in [0.2, 0.25) is 11.8 Å². The van der Waals surface area contributed by atoms with Crippen LogP contribution in [0.25, 0.3) is 10.8 Å². The molecule has 0 spiro atoms. The van der Waals surface area contributed by atoms with Crippen LogP contribution in [0.4, 0.5) is 0 Å². The second-order valence-corrected chi connectivity index (χ2v) is 9.56. The van der Waals surface area contributed by atoms with Crippen molar-refractivity contribution < 1.29 is 19.1 Å². The molecular weight excluding hydrogens is 466 g/mol. The summed E-state index contributed by atoms with van der Waals surface area (Å²) in [7, 11) is 4.99. The van der Waals surface area contributed by atoms with E-state index in [-0.39, 0.29) is 30.6 Å². The van der Waals surface area contributed by atoms with E-state index in [1.54, 1.807) is 33.0 Å². The van der Waals surface area contributed by atoms with Crippen molar-refractivity contribution in [3.63, 3.8) is 0 Å². The molecule has 7 nitrogen and oxygen atoms in total. The minimum Gasteiger partial charge on any atom is -0.497 e. The van der Waals surface area contributed by atoms with Crippen molar-refractivity contribution in [1.29, 1.82) is 0 Å². The van der Waals surface area contributed by atoms with Gasteiger partial charge in [-0.2, -0.15) is 0 Å². The number of amides is 3. The molecule has 0 saturated heterocycles. The van der Waals surface area contributed by atoms with Gasteiger partial charge >= 0.3 is 0 Å². The van der Waals surface area contributed by atoms with E-state index in [0.29, 0.717) is 24.4 Å². The Bertz CT molecular complexity index is 1340. The lowest BCUT2D eigenvalue weighted by atomic mass is 9.88. The third kappa shape index (κ3) is 5.82. The molecule has 1 aliphatic rings. The normalized spacial score (nSPS) is 15.6. The van der Waals surface area contributed by atoms with Crippen LogP contribution in [0.1, 0.15) is 30.9 Å². The highest BCUT2D eigenvalue weighted by Gasteiger charge is 2.36. The van der Waals surface area contributed by atoms with E-state index in [9.17, 15) is 14.4 Å². The van der Waals surface area contributed by atoms with Gasteiger partial charge < -0.3 is 19.9 Å². The number of allylic oxidation sites excluding steroid dienone is 1. The van der Waals surface area contributed by atoms with Gasteiger partial charge in [0.1, 0.15) is 5.75 Å². The Kier molecular flexibility index (Phi) is 7.92.